The molecule has 2 heterocycles. The Balaban J connectivity index is 0.00000120. The average molecular weight is 282 g/mol. The lowest BCUT2D eigenvalue weighted by Crippen LogP contribution is -2.37. The highest BCUT2D eigenvalue weighted by Crippen LogP contribution is 2.62. The maximum atomic E-state index is 13.9. The molecule has 0 amide bonds. The SMILES string of the molecule is Cl.FC1(F)C(C2CCOCC2)C1C1CCCCN1. The summed E-state index contributed by atoms with van der Waals surface area (Å²) in [5.41, 5.74) is 0. The van der Waals surface area contributed by atoms with Crippen LogP contribution in [0.15, 0.2) is 0 Å². The van der Waals surface area contributed by atoms with E-state index in [-0.39, 0.29) is 30.3 Å². The lowest BCUT2D eigenvalue weighted by atomic mass is 9.90. The minimum atomic E-state index is -2.42. The number of hydrogen-bond acceptors (Lipinski definition) is 2. The molecule has 0 aromatic heterocycles. The Morgan fingerprint density at radius 3 is 2.33 bits per heavy atom. The molecule has 0 spiro atoms. The van der Waals surface area contributed by atoms with Gasteiger partial charge in [0.1, 0.15) is 0 Å². The Hall–Kier alpha value is 0.0700. The molecule has 3 unspecified atom stereocenters. The summed E-state index contributed by atoms with van der Waals surface area (Å²) in [6, 6.07) is 0.0617. The lowest BCUT2D eigenvalue weighted by Gasteiger charge is -2.25. The largest absolute Gasteiger partial charge is 0.381 e. The molecule has 0 radical (unpaired) electrons. The molecule has 2 saturated heterocycles. The summed E-state index contributed by atoms with van der Waals surface area (Å²) in [5, 5.41) is 3.29. The molecule has 1 N–H and O–H groups in total. The minimum Gasteiger partial charge on any atom is -0.381 e. The summed E-state index contributed by atoms with van der Waals surface area (Å²) >= 11 is 0. The van der Waals surface area contributed by atoms with Crippen molar-refractivity contribution < 1.29 is 13.5 Å². The Kier molecular flexibility index (Phi) is 4.50. The van der Waals surface area contributed by atoms with Crippen LogP contribution >= 0.6 is 12.4 Å². The number of halogens is 3. The Bertz CT molecular complexity index is 252. The third-order valence-corrected chi connectivity index (χ3v) is 4.72. The van der Waals surface area contributed by atoms with E-state index in [4.69, 9.17) is 4.74 Å². The van der Waals surface area contributed by atoms with Crippen LogP contribution in [-0.2, 0) is 4.74 Å². The second kappa shape index (κ2) is 5.59. The van der Waals surface area contributed by atoms with Crippen molar-refractivity contribution in [2.24, 2.45) is 17.8 Å². The molecule has 3 aliphatic rings. The van der Waals surface area contributed by atoms with E-state index >= 15 is 0 Å². The van der Waals surface area contributed by atoms with Crippen LogP contribution in [0.3, 0.4) is 0 Å². The van der Waals surface area contributed by atoms with Crippen molar-refractivity contribution in [1.29, 1.82) is 0 Å². The molecule has 2 aliphatic heterocycles. The molecule has 0 aromatic rings. The van der Waals surface area contributed by atoms with Gasteiger partial charge in [-0.3, -0.25) is 0 Å². The van der Waals surface area contributed by atoms with Crippen molar-refractivity contribution in [2.75, 3.05) is 19.8 Å². The number of alkyl halides is 2. The van der Waals surface area contributed by atoms with Gasteiger partial charge in [0.2, 0.25) is 0 Å². The third-order valence-electron chi connectivity index (χ3n) is 4.72. The molecule has 2 nitrogen and oxygen atoms in total. The van der Waals surface area contributed by atoms with Crippen LogP contribution in [0.5, 0.6) is 0 Å². The Morgan fingerprint density at radius 1 is 1.00 bits per heavy atom. The molecule has 18 heavy (non-hydrogen) atoms. The van der Waals surface area contributed by atoms with Crippen LogP contribution in [0.25, 0.3) is 0 Å². The molecule has 106 valence electrons. The molecule has 3 fully saturated rings. The van der Waals surface area contributed by atoms with Crippen molar-refractivity contribution in [3.63, 3.8) is 0 Å². The summed E-state index contributed by atoms with van der Waals surface area (Å²) in [6.07, 6.45) is 4.81. The van der Waals surface area contributed by atoms with Crippen molar-refractivity contribution in [3.05, 3.63) is 0 Å². The Labute approximate surface area is 113 Å². The molecule has 0 bridgehead atoms. The normalized spacial score (nSPS) is 40.0. The van der Waals surface area contributed by atoms with E-state index < -0.39 is 11.8 Å². The topological polar surface area (TPSA) is 21.3 Å². The van der Waals surface area contributed by atoms with Crippen LogP contribution in [0.2, 0.25) is 0 Å². The van der Waals surface area contributed by atoms with Gasteiger partial charge in [0.05, 0.1) is 0 Å². The number of hydrogen-bond donors (Lipinski definition) is 1. The second-order valence-electron chi connectivity index (χ2n) is 5.73. The molecule has 3 rings (SSSR count). The zero-order chi connectivity index (χ0) is 11.9. The van der Waals surface area contributed by atoms with E-state index in [1.165, 1.54) is 0 Å². The quantitative estimate of drug-likeness (QED) is 0.840. The third kappa shape index (κ3) is 2.52. The number of rotatable bonds is 2. The van der Waals surface area contributed by atoms with Crippen LogP contribution < -0.4 is 5.32 Å². The molecule has 3 atom stereocenters. The van der Waals surface area contributed by atoms with Gasteiger partial charge in [-0.2, -0.15) is 0 Å². The van der Waals surface area contributed by atoms with E-state index in [0.29, 0.717) is 13.2 Å². The fourth-order valence-corrected chi connectivity index (χ4v) is 3.76. The maximum absolute atomic E-state index is 13.9. The average Bonchev–Trinajstić information content (AvgIpc) is 2.94. The smallest absolute Gasteiger partial charge is 0.256 e. The molecular formula is C13H22ClF2NO. The summed E-state index contributed by atoms with van der Waals surface area (Å²) < 4.78 is 33.2. The van der Waals surface area contributed by atoms with Gasteiger partial charge in [-0.05, 0) is 38.1 Å². The molecule has 1 saturated carbocycles. The highest BCUT2D eigenvalue weighted by atomic mass is 35.5. The van der Waals surface area contributed by atoms with Crippen molar-refractivity contribution in [1.82, 2.24) is 5.32 Å². The van der Waals surface area contributed by atoms with Crippen LogP contribution in [0.4, 0.5) is 8.78 Å². The van der Waals surface area contributed by atoms with Gasteiger partial charge >= 0.3 is 0 Å². The first-order valence-electron chi connectivity index (χ1n) is 6.90. The standard InChI is InChI=1S/C13H21F2NO.ClH/c14-13(15)11(9-4-7-17-8-5-9)12(13)10-3-1-2-6-16-10;/h9-12,16H,1-8H2;1H. The van der Waals surface area contributed by atoms with E-state index in [0.717, 1.165) is 38.6 Å². The number of nitrogens with one attached hydrogen (secondary N) is 1. The summed E-state index contributed by atoms with van der Waals surface area (Å²) in [6.45, 7) is 2.25. The highest BCUT2D eigenvalue weighted by Gasteiger charge is 2.72. The van der Waals surface area contributed by atoms with Crippen molar-refractivity contribution in [3.8, 4) is 0 Å². The molecule has 5 heteroatoms. The summed E-state index contributed by atoms with van der Waals surface area (Å²) in [7, 11) is 0. The van der Waals surface area contributed by atoms with Crippen molar-refractivity contribution in [2.45, 2.75) is 44.1 Å². The fraction of sp³-hybridized carbons (Fsp3) is 1.00. The van der Waals surface area contributed by atoms with Gasteiger partial charge in [0.25, 0.3) is 5.92 Å². The van der Waals surface area contributed by atoms with E-state index in [2.05, 4.69) is 5.32 Å². The number of ether oxygens (including phenoxy) is 1. The van der Waals surface area contributed by atoms with Crippen molar-refractivity contribution >= 4 is 12.4 Å². The highest BCUT2D eigenvalue weighted by molar-refractivity contribution is 5.85. The minimum absolute atomic E-state index is 0. The second-order valence-corrected chi connectivity index (χ2v) is 5.73. The van der Waals surface area contributed by atoms with Gasteiger partial charge in [0, 0.05) is 31.1 Å². The summed E-state index contributed by atoms with van der Waals surface area (Å²) in [4.78, 5) is 0. The van der Waals surface area contributed by atoms with Gasteiger partial charge in [-0.15, -0.1) is 12.4 Å². The number of piperidine rings is 1. The predicted molar refractivity (Wildman–Crippen MR) is 68.4 cm³/mol. The molecule has 0 aromatic carbocycles. The fourth-order valence-electron chi connectivity index (χ4n) is 3.76. The van der Waals surface area contributed by atoms with E-state index in [1.807, 2.05) is 0 Å². The van der Waals surface area contributed by atoms with E-state index in [1.54, 1.807) is 0 Å². The van der Waals surface area contributed by atoms with Gasteiger partial charge < -0.3 is 10.1 Å². The van der Waals surface area contributed by atoms with Crippen LogP contribution in [0, 0.1) is 17.8 Å². The molecule has 1 aliphatic carbocycles. The first-order chi connectivity index (χ1) is 8.21. The zero-order valence-electron chi connectivity index (χ0n) is 10.5. The first-order valence-corrected chi connectivity index (χ1v) is 6.90. The predicted octanol–water partition coefficient (Wildman–Crippen LogP) is 2.86. The van der Waals surface area contributed by atoms with Crippen LogP contribution in [-0.4, -0.2) is 31.7 Å². The molecular weight excluding hydrogens is 260 g/mol. The van der Waals surface area contributed by atoms with Gasteiger partial charge in [-0.1, -0.05) is 6.42 Å². The maximum Gasteiger partial charge on any atom is 0.256 e. The van der Waals surface area contributed by atoms with Gasteiger partial charge in [-0.25, -0.2) is 8.78 Å². The zero-order valence-corrected chi connectivity index (χ0v) is 11.4. The Morgan fingerprint density at radius 2 is 1.72 bits per heavy atom. The lowest BCUT2D eigenvalue weighted by molar-refractivity contribution is 0.0283. The first kappa shape index (κ1) is 14.5. The van der Waals surface area contributed by atoms with E-state index in [9.17, 15) is 8.78 Å². The van der Waals surface area contributed by atoms with Crippen LogP contribution in [0.1, 0.15) is 32.1 Å². The summed E-state index contributed by atoms with van der Waals surface area (Å²) in [5.74, 6) is -3.00. The monoisotopic (exact) mass is 281 g/mol. The van der Waals surface area contributed by atoms with Gasteiger partial charge in [0.15, 0.2) is 0 Å².